The van der Waals surface area contributed by atoms with E-state index < -0.39 is 13.4 Å². The molecule has 0 fully saturated rings. The third kappa shape index (κ3) is 22.5. The Kier molecular flexibility index (Phi) is 9.70. The summed E-state index contributed by atoms with van der Waals surface area (Å²) >= 11 is -5.75. The van der Waals surface area contributed by atoms with Crippen molar-refractivity contribution in [2.75, 3.05) is 0 Å². The third-order valence-corrected chi connectivity index (χ3v) is 0.667. The summed E-state index contributed by atoms with van der Waals surface area (Å²) in [5, 5.41) is 0. The van der Waals surface area contributed by atoms with Gasteiger partial charge in [0.25, 0.3) is 0 Å². The second-order valence-corrected chi connectivity index (χ2v) is 3.28. The Hall–Kier alpha value is 0.259. The topological polar surface area (TPSA) is 80.3 Å². The molecular weight excluding hydrogens is 238 g/mol. The molecular formula is C6H6NaO4Se-. The molecule has 0 heterocycles. The van der Waals surface area contributed by atoms with Crippen LogP contribution in [0.3, 0.4) is 0 Å². The zero-order valence-corrected chi connectivity index (χ0v) is 10.2. The van der Waals surface area contributed by atoms with Gasteiger partial charge in [0.2, 0.25) is 0 Å². The summed E-state index contributed by atoms with van der Waals surface area (Å²) in [6, 6.07) is 12.0. The van der Waals surface area contributed by atoms with E-state index >= 15 is 0 Å². The van der Waals surface area contributed by atoms with Crippen LogP contribution in [0.4, 0.5) is 0 Å². The third-order valence-electron chi connectivity index (χ3n) is 0.667. The van der Waals surface area contributed by atoms with Crippen LogP contribution in [0, 0.1) is 0 Å². The van der Waals surface area contributed by atoms with Crippen molar-refractivity contribution >= 4 is 13.4 Å². The van der Waals surface area contributed by atoms with Gasteiger partial charge in [-0.25, -0.2) is 0 Å². The summed E-state index contributed by atoms with van der Waals surface area (Å²) in [6.45, 7) is 0. The van der Waals surface area contributed by atoms with Gasteiger partial charge in [0.15, 0.2) is 0 Å². The van der Waals surface area contributed by atoms with Gasteiger partial charge in [0, 0.05) is 0 Å². The molecule has 0 amide bonds. The molecule has 0 unspecified atom stereocenters. The normalized spacial score (nSPS) is 8.83. The molecule has 4 nitrogen and oxygen atoms in total. The van der Waals surface area contributed by atoms with Gasteiger partial charge >= 0.3 is 59.0 Å². The van der Waals surface area contributed by atoms with E-state index in [9.17, 15) is 0 Å². The van der Waals surface area contributed by atoms with Crippen LogP contribution in [0.1, 0.15) is 0 Å². The minimum atomic E-state index is -5.75. The van der Waals surface area contributed by atoms with Crippen molar-refractivity contribution in [2.24, 2.45) is 0 Å². The van der Waals surface area contributed by atoms with E-state index in [1.807, 2.05) is 36.4 Å². The van der Waals surface area contributed by atoms with E-state index in [2.05, 4.69) is 0 Å². The molecule has 0 bridgehead atoms. The Morgan fingerprint density at radius 3 is 0.917 bits per heavy atom. The average Bonchev–Trinajstić information content (AvgIpc) is 1.88. The molecule has 12 heavy (non-hydrogen) atoms. The fourth-order valence-corrected chi connectivity index (χ4v) is 0.385. The Morgan fingerprint density at radius 2 is 0.833 bits per heavy atom. The molecule has 6 heteroatoms. The largest absolute Gasteiger partial charge is 1.00 e. The number of hydrogen-bond acceptors (Lipinski definition) is 4. The van der Waals surface area contributed by atoms with Crippen molar-refractivity contribution in [2.45, 2.75) is 0 Å². The second-order valence-electron chi connectivity index (χ2n) is 1.56. The predicted molar refractivity (Wildman–Crippen MR) is 33.6 cm³/mol. The van der Waals surface area contributed by atoms with Crippen molar-refractivity contribution in [3.8, 4) is 0 Å². The van der Waals surface area contributed by atoms with E-state index in [1.54, 1.807) is 0 Å². The standard InChI is InChI=1S/C6H6.Na.H2O4Se/c1-2-4-6-5-3-1;;1-5(2,3)4/h1-6H;;(H2,1,2,3,4)/q;+1;/p-2. The van der Waals surface area contributed by atoms with Gasteiger partial charge in [-0.3, -0.25) is 0 Å². The molecule has 1 aromatic rings. The van der Waals surface area contributed by atoms with Crippen LogP contribution in [0.2, 0.25) is 0 Å². The predicted octanol–water partition coefficient (Wildman–Crippen LogP) is -4.31. The minimum absolute atomic E-state index is 0. The summed E-state index contributed by atoms with van der Waals surface area (Å²) in [5.41, 5.74) is 0. The smallest absolute Gasteiger partial charge is 0.0623 e. The summed E-state index contributed by atoms with van der Waals surface area (Å²) in [7, 11) is 0. The van der Waals surface area contributed by atoms with Crippen LogP contribution in [0.15, 0.2) is 36.4 Å². The summed E-state index contributed by atoms with van der Waals surface area (Å²) in [5.74, 6) is 0. The fourth-order valence-electron chi connectivity index (χ4n) is 0.385. The van der Waals surface area contributed by atoms with Gasteiger partial charge in [-0.1, -0.05) is 36.4 Å². The van der Waals surface area contributed by atoms with E-state index in [0.717, 1.165) is 0 Å². The molecule has 0 saturated carbocycles. The molecule has 0 N–H and O–H groups in total. The molecule has 0 aliphatic rings. The molecule has 0 atom stereocenters. The molecule has 1 rings (SSSR count). The quantitative estimate of drug-likeness (QED) is 0.432. The van der Waals surface area contributed by atoms with Crippen molar-refractivity contribution in [3.63, 3.8) is 0 Å². The van der Waals surface area contributed by atoms with E-state index in [1.165, 1.54) is 0 Å². The van der Waals surface area contributed by atoms with Crippen LogP contribution in [0.5, 0.6) is 0 Å². The van der Waals surface area contributed by atoms with Crippen LogP contribution >= 0.6 is 0 Å². The Balaban J connectivity index is 0. The van der Waals surface area contributed by atoms with E-state index in [0.29, 0.717) is 0 Å². The Morgan fingerprint density at radius 1 is 0.750 bits per heavy atom. The van der Waals surface area contributed by atoms with Gasteiger partial charge < -0.3 is 0 Å². The van der Waals surface area contributed by atoms with Gasteiger partial charge in [-0.15, -0.1) is 0 Å². The van der Waals surface area contributed by atoms with Gasteiger partial charge in [0.1, 0.15) is 0 Å². The van der Waals surface area contributed by atoms with Crippen LogP contribution < -0.4 is 37.9 Å². The molecule has 0 aromatic heterocycles. The molecule has 0 aliphatic heterocycles. The number of rotatable bonds is 0. The van der Waals surface area contributed by atoms with Crippen molar-refractivity contribution in [1.82, 2.24) is 0 Å². The minimum Gasteiger partial charge on any atom is -0.0623 e. The first kappa shape index (κ1) is 14.8. The van der Waals surface area contributed by atoms with Crippen LogP contribution in [-0.4, -0.2) is 13.4 Å². The first-order valence-electron chi connectivity index (χ1n) is 2.67. The second kappa shape index (κ2) is 7.89. The molecule has 0 spiro atoms. The van der Waals surface area contributed by atoms with Crippen LogP contribution in [-0.2, 0) is 7.67 Å². The maximum absolute atomic E-state index is 8.59. The van der Waals surface area contributed by atoms with Gasteiger partial charge in [-0.2, -0.15) is 0 Å². The summed E-state index contributed by atoms with van der Waals surface area (Å²) in [6.07, 6.45) is 0. The average molecular weight is 244 g/mol. The monoisotopic (exact) mass is 245 g/mol. The molecule has 0 aliphatic carbocycles. The van der Waals surface area contributed by atoms with Crippen molar-refractivity contribution < 1.29 is 45.6 Å². The van der Waals surface area contributed by atoms with E-state index in [4.69, 9.17) is 16.0 Å². The SMILES string of the molecule is O=[Se](=O)([O-])[O-].[Na+].c1ccccc1. The van der Waals surface area contributed by atoms with Crippen LogP contribution in [0.25, 0.3) is 0 Å². The summed E-state index contributed by atoms with van der Waals surface area (Å²) in [4.78, 5) is 0. The summed E-state index contributed by atoms with van der Waals surface area (Å²) < 4.78 is 34.4. The molecule has 1 aromatic carbocycles. The number of benzene rings is 1. The Bertz CT molecular complexity index is 236. The zero-order chi connectivity index (χ0) is 8.74. The Labute approximate surface area is 94.8 Å². The zero-order valence-electron chi connectivity index (χ0n) is 6.51. The number of hydrogen-bond donors (Lipinski definition) is 0. The first-order valence-corrected chi connectivity index (χ1v) is 5.46. The molecule has 62 valence electrons. The van der Waals surface area contributed by atoms with Crippen molar-refractivity contribution in [1.29, 1.82) is 0 Å². The first-order chi connectivity index (χ1) is 5.00. The van der Waals surface area contributed by atoms with Gasteiger partial charge in [0.05, 0.1) is 0 Å². The molecule has 0 radical (unpaired) electrons. The van der Waals surface area contributed by atoms with Crippen molar-refractivity contribution in [3.05, 3.63) is 36.4 Å². The van der Waals surface area contributed by atoms with E-state index in [-0.39, 0.29) is 29.6 Å². The maximum Gasteiger partial charge on any atom is 1.00 e. The van der Waals surface area contributed by atoms with Gasteiger partial charge in [-0.05, 0) is 0 Å². The maximum atomic E-state index is 8.59. The fraction of sp³-hybridized carbons (Fsp3) is 0. The molecule has 0 saturated heterocycles.